The Kier molecular flexibility index (Phi) is 8.72. The molecule has 1 amide bonds. The maximum absolute atomic E-state index is 13.4. The van der Waals surface area contributed by atoms with Crippen molar-refractivity contribution in [1.29, 1.82) is 0 Å². The lowest BCUT2D eigenvalue weighted by molar-refractivity contribution is -0.152. The van der Waals surface area contributed by atoms with Crippen molar-refractivity contribution in [2.45, 2.75) is 83.0 Å². The third-order valence-electron chi connectivity index (χ3n) is 6.90. The molecule has 0 aromatic heterocycles. The second-order valence-corrected chi connectivity index (χ2v) is 9.03. The van der Waals surface area contributed by atoms with Gasteiger partial charge in [-0.2, -0.15) is 0 Å². The van der Waals surface area contributed by atoms with E-state index in [4.69, 9.17) is 9.47 Å². The molecule has 1 aromatic carbocycles. The van der Waals surface area contributed by atoms with Crippen LogP contribution in [0.3, 0.4) is 0 Å². The van der Waals surface area contributed by atoms with Gasteiger partial charge in [-0.15, -0.1) is 0 Å². The number of hydrogen-bond acceptors (Lipinski definition) is 6. The molecule has 1 saturated heterocycles. The van der Waals surface area contributed by atoms with Crippen molar-refractivity contribution in [2.75, 3.05) is 13.7 Å². The first-order valence-corrected chi connectivity index (χ1v) is 12.0. The number of amides is 1. The average molecular weight is 461 g/mol. The average Bonchev–Trinajstić information content (AvgIpc) is 3.21. The fraction of sp³-hybridized carbons (Fsp3) is 0.640. The molecule has 8 nitrogen and oxygen atoms in total. The first-order chi connectivity index (χ1) is 15.8. The second-order valence-electron chi connectivity index (χ2n) is 9.03. The lowest BCUT2D eigenvalue weighted by Gasteiger charge is -2.35. The molecule has 2 aliphatic rings. The van der Waals surface area contributed by atoms with Crippen LogP contribution in [0.15, 0.2) is 24.3 Å². The molecule has 3 rings (SSSR count). The number of nitrogens with zero attached hydrogens (tertiary/aromatic N) is 1. The van der Waals surface area contributed by atoms with Crippen molar-refractivity contribution in [3.05, 3.63) is 29.8 Å². The normalized spacial score (nSPS) is 24.0. The molecule has 2 N–H and O–H groups in total. The number of carboxylic acid groups (broad SMARTS) is 1. The van der Waals surface area contributed by atoms with Crippen molar-refractivity contribution in [3.63, 3.8) is 0 Å². The molecule has 182 valence electrons. The largest absolute Gasteiger partial charge is 0.497 e. The van der Waals surface area contributed by atoms with E-state index in [9.17, 15) is 19.5 Å². The van der Waals surface area contributed by atoms with Crippen molar-refractivity contribution >= 4 is 17.8 Å². The molecular formula is C25H36N2O6. The minimum absolute atomic E-state index is 0.0306. The van der Waals surface area contributed by atoms with Gasteiger partial charge in [-0.1, -0.05) is 25.0 Å². The van der Waals surface area contributed by atoms with E-state index in [1.807, 2.05) is 24.3 Å². The first-order valence-electron chi connectivity index (χ1n) is 12.0. The molecule has 2 fully saturated rings. The number of carboxylic acids is 1. The van der Waals surface area contributed by atoms with Crippen LogP contribution < -0.4 is 10.1 Å². The Morgan fingerprint density at radius 1 is 1.18 bits per heavy atom. The number of carbonyl (C=O) groups is 3. The predicted octanol–water partition coefficient (Wildman–Crippen LogP) is 2.78. The number of hydrogen-bond donors (Lipinski definition) is 2. The standard InChI is InChI=1S/C25H36N2O6/c1-4-33-25(31)20(14-11-17-9-12-19(32-3)13-10-17)26-16(2)23(28)27-21-8-6-5-7-18(21)15-22(27)24(29)30/h9-10,12-13,16,18,20-22,26H,4-8,11,14-15H2,1-3H3,(H,29,30)/t16-,18-,20?,21-,22-/m0/s1. The Morgan fingerprint density at radius 2 is 1.88 bits per heavy atom. The van der Waals surface area contributed by atoms with Crippen LogP contribution in [0.5, 0.6) is 5.75 Å². The van der Waals surface area contributed by atoms with E-state index in [0.717, 1.165) is 37.0 Å². The van der Waals surface area contributed by atoms with Gasteiger partial charge in [-0.3, -0.25) is 14.9 Å². The Labute approximate surface area is 195 Å². The van der Waals surface area contributed by atoms with Crippen LogP contribution in [0.4, 0.5) is 0 Å². The van der Waals surface area contributed by atoms with Gasteiger partial charge in [0.25, 0.3) is 0 Å². The molecular weight excluding hydrogens is 424 g/mol. The summed E-state index contributed by atoms with van der Waals surface area (Å²) in [6.07, 6.45) is 5.48. The van der Waals surface area contributed by atoms with Crippen LogP contribution in [-0.2, 0) is 25.5 Å². The summed E-state index contributed by atoms with van der Waals surface area (Å²) >= 11 is 0. The number of methoxy groups -OCH3 is 1. The summed E-state index contributed by atoms with van der Waals surface area (Å²) in [5.41, 5.74) is 1.04. The summed E-state index contributed by atoms with van der Waals surface area (Å²) in [5, 5.41) is 12.9. The molecule has 33 heavy (non-hydrogen) atoms. The van der Waals surface area contributed by atoms with E-state index < -0.39 is 30.1 Å². The van der Waals surface area contributed by atoms with Crippen molar-refractivity contribution < 1.29 is 29.0 Å². The molecule has 8 heteroatoms. The maximum Gasteiger partial charge on any atom is 0.326 e. The first kappa shape index (κ1) is 25.0. The Morgan fingerprint density at radius 3 is 2.52 bits per heavy atom. The van der Waals surface area contributed by atoms with Crippen molar-refractivity contribution in [3.8, 4) is 5.75 Å². The number of nitrogens with one attached hydrogen (secondary N) is 1. The minimum Gasteiger partial charge on any atom is -0.497 e. The molecule has 1 saturated carbocycles. The summed E-state index contributed by atoms with van der Waals surface area (Å²) in [6.45, 7) is 3.70. The van der Waals surface area contributed by atoms with E-state index >= 15 is 0 Å². The molecule has 1 unspecified atom stereocenters. The zero-order chi connectivity index (χ0) is 24.0. The van der Waals surface area contributed by atoms with Crippen LogP contribution in [0, 0.1) is 5.92 Å². The van der Waals surface area contributed by atoms with Gasteiger partial charge in [0.05, 0.1) is 19.8 Å². The molecule has 1 aliphatic carbocycles. The van der Waals surface area contributed by atoms with E-state index in [-0.39, 0.29) is 24.5 Å². The quantitative estimate of drug-likeness (QED) is 0.517. The molecule has 1 aromatic rings. The van der Waals surface area contributed by atoms with Gasteiger partial charge in [0.2, 0.25) is 5.91 Å². The fourth-order valence-corrected chi connectivity index (χ4v) is 5.21. The van der Waals surface area contributed by atoms with Crippen molar-refractivity contribution in [2.24, 2.45) is 5.92 Å². The number of rotatable bonds is 10. The molecule has 1 aliphatic heterocycles. The summed E-state index contributed by atoms with van der Waals surface area (Å²) in [6, 6.07) is 5.44. The molecule has 0 spiro atoms. The van der Waals surface area contributed by atoms with Crippen LogP contribution in [0.25, 0.3) is 0 Å². The Balaban J connectivity index is 1.69. The van der Waals surface area contributed by atoms with Crippen LogP contribution >= 0.6 is 0 Å². The van der Waals surface area contributed by atoms with Gasteiger partial charge < -0.3 is 19.5 Å². The Bertz CT molecular complexity index is 827. The lowest BCUT2D eigenvalue weighted by atomic mass is 9.84. The third-order valence-corrected chi connectivity index (χ3v) is 6.90. The lowest BCUT2D eigenvalue weighted by Crippen LogP contribution is -2.55. The molecule has 0 bridgehead atoms. The third kappa shape index (κ3) is 6.05. The predicted molar refractivity (Wildman–Crippen MR) is 123 cm³/mol. The van der Waals surface area contributed by atoms with E-state index in [0.29, 0.717) is 19.3 Å². The number of fused-ring (bicyclic) bond motifs is 1. The molecule has 1 heterocycles. The highest BCUT2D eigenvalue weighted by Gasteiger charge is 2.48. The number of benzene rings is 1. The summed E-state index contributed by atoms with van der Waals surface area (Å²) in [7, 11) is 1.61. The van der Waals surface area contributed by atoms with Gasteiger partial charge in [0.1, 0.15) is 17.8 Å². The number of ether oxygens (including phenoxy) is 2. The topological polar surface area (TPSA) is 105 Å². The second kappa shape index (κ2) is 11.5. The minimum atomic E-state index is -0.952. The molecule has 5 atom stereocenters. The summed E-state index contributed by atoms with van der Waals surface area (Å²) < 4.78 is 10.4. The highest BCUT2D eigenvalue weighted by molar-refractivity contribution is 5.88. The van der Waals surface area contributed by atoms with E-state index in [1.165, 1.54) is 0 Å². The van der Waals surface area contributed by atoms with Gasteiger partial charge in [-0.05, 0) is 69.6 Å². The van der Waals surface area contributed by atoms with E-state index in [1.54, 1.807) is 25.9 Å². The van der Waals surface area contributed by atoms with Crippen LogP contribution in [0.1, 0.15) is 57.9 Å². The van der Waals surface area contributed by atoms with Crippen molar-refractivity contribution in [1.82, 2.24) is 10.2 Å². The molecule has 0 radical (unpaired) electrons. The number of esters is 1. The van der Waals surface area contributed by atoms with Crippen LogP contribution in [-0.4, -0.2) is 65.7 Å². The monoisotopic (exact) mass is 460 g/mol. The van der Waals surface area contributed by atoms with E-state index in [2.05, 4.69) is 5.32 Å². The zero-order valence-corrected chi connectivity index (χ0v) is 19.8. The van der Waals surface area contributed by atoms with Gasteiger partial charge in [0.15, 0.2) is 0 Å². The Hall–Kier alpha value is -2.61. The number of aliphatic carboxylic acids is 1. The zero-order valence-electron chi connectivity index (χ0n) is 19.8. The number of likely N-dealkylation sites (tertiary alicyclic amines) is 1. The summed E-state index contributed by atoms with van der Waals surface area (Å²) in [4.78, 5) is 39.5. The summed E-state index contributed by atoms with van der Waals surface area (Å²) in [5.74, 6) is -0.607. The SMILES string of the molecule is CCOC(=O)C(CCc1ccc(OC)cc1)N[C@@H](C)C(=O)N1[C@H](C(=O)O)C[C@@H]2CCCC[C@@H]21. The van der Waals surface area contributed by atoms with Gasteiger partial charge in [0, 0.05) is 6.04 Å². The highest BCUT2D eigenvalue weighted by Crippen LogP contribution is 2.40. The highest BCUT2D eigenvalue weighted by atomic mass is 16.5. The number of carbonyl (C=O) groups excluding carboxylic acids is 2. The number of aryl methyl sites for hydroxylation is 1. The maximum atomic E-state index is 13.4. The smallest absolute Gasteiger partial charge is 0.326 e. The fourth-order valence-electron chi connectivity index (χ4n) is 5.21. The van der Waals surface area contributed by atoms with Gasteiger partial charge >= 0.3 is 11.9 Å². The van der Waals surface area contributed by atoms with Crippen LogP contribution in [0.2, 0.25) is 0 Å². The van der Waals surface area contributed by atoms with Gasteiger partial charge in [-0.25, -0.2) is 4.79 Å².